The van der Waals surface area contributed by atoms with Crippen LogP contribution in [-0.4, -0.2) is 53.2 Å². The minimum absolute atomic E-state index is 0.157. The first kappa shape index (κ1) is 29.6. The number of nitrogens with zero attached hydrogens (tertiary/aromatic N) is 5. The first-order chi connectivity index (χ1) is 19.0. The van der Waals surface area contributed by atoms with Gasteiger partial charge in [-0.1, -0.05) is 12.1 Å². The highest BCUT2D eigenvalue weighted by Gasteiger charge is 2.25. The Bertz CT molecular complexity index is 1770. The number of ether oxygens (including phenoxy) is 2. The quantitative estimate of drug-likeness (QED) is 0.391. The molecule has 0 aliphatic heterocycles. The van der Waals surface area contributed by atoms with Crippen molar-refractivity contribution in [2.75, 3.05) is 6.54 Å². The number of nitrogens with one attached hydrogen (secondary N) is 1. The van der Waals surface area contributed by atoms with Gasteiger partial charge in [-0.15, -0.1) is 0 Å². The third kappa shape index (κ3) is 6.06. The summed E-state index contributed by atoms with van der Waals surface area (Å²) in [5, 5.41) is 3.50. The summed E-state index contributed by atoms with van der Waals surface area (Å²) in [6, 6.07) is 7.38. The fourth-order valence-electron chi connectivity index (χ4n) is 4.68. The molecule has 220 valence electrons. The highest BCUT2D eigenvalue weighted by atomic mass is 16.6. The van der Waals surface area contributed by atoms with E-state index in [9.17, 15) is 19.2 Å². The molecular weight excluding hydrogens is 528 g/mol. The van der Waals surface area contributed by atoms with Gasteiger partial charge in [-0.05, 0) is 66.2 Å². The number of rotatable bonds is 5. The van der Waals surface area contributed by atoms with Crippen molar-refractivity contribution in [2.45, 2.75) is 72.6 Å². The maximum atomic E-state index is 13.7. The van der Waals surface area contributed by atoms with Crippen molar-refractivity contribution in [2.24, 2.45) is 14.1 Å². The van der Waals surface area contributed by atoms with Crippen LogP contribution in [0.5, 0.6) is 0 Å². The van der Waals surface area contributed by atoms with Gasteiger partial charge in [0, 0.05) is 32.4 Å². The smallest absolute Gasteiger partial charge is 0.419 e. The second kappa shape index (κ2) is 10.6. The predicted molar refractivity (Wildman–Crippen MR) is 156 cm³/mol. The molecule has 41 heavy (non-hydrogen) atoms. The third-order valence-corrected chi connectivity index (χ3v) is 6.51. The van der Waals surface area contributed by atoms with Crippen LogP contribution in [0, 0.1) is 6.92 Å². The van der Waals surface area contributed by atoms with E-state index in [-0.39, 0.29) is 24.3 Å². The topological polar surface area (TPSA) is 131 Å². The standard InChI is InChI=1S/C29H38N6O6/c1-17-11-10-12-20-19(17)15-18(35(20)27(39)41-29(5,6)7)16-34-24(36)22-23(33(9)26(34)38)31-21(32(22)8)13-14-30-25(37)40-28(2,3)4/h10-12,15H,13-14,16H2,1-9H3,(H,30,37). The Morgan fingerprint density at radius 3 is 2.27 bits per heavy atom. The molecule has 0 saturated heterocycles. The Morgan fingerprint density at radius 2 is 1.63 bits per heavy atom. The van der Waals surface area contributed by atoms with E-state index in [1.807, 2.05) is 25.1 Å². The van der Waals surface area contributed by atoms with E-state index in [1.54, 1.807) is 66.3 Å². The number of hydrogen-bond donors (Lipinski definition) is 1. The van der Waals surface area contributed by atoms with Gasteiger partial charge in [0.05, 0.1) is 17.8 Å². The molecule has 0 fully saturated rings. The van der Waals surface area contributed by atoms with Gasteiger partial charge < -0.3 is 19.4 Å². The molecule has 0 spiro atoms. The second-order valence-corrected chi connectivity index (χ2v) is 12.1. The van der Waals surface area contributed by atoms with Crippen LogP contribution in [0.15, 0.2) is 33.9 Å². The second-order valence-electron chi connectivity index (χ2n) is 12.1. The number of aryl methyl sites for hydroxylation is 3. The van der Waals surface area contributed by atoms with Crippen molar-refractivity contribution < 1.29 is 19.1 Å². The molecule has 3 aromatic heterocycles. The monoisotopic (exact) mass is 566 g/mol. The van der Waals surface area contributed by atoms with Crippen LogP contribution < -0.4 is 16.6 Å². The number of imidazole rings is 1. The maximum Gasteiger partial charge on any atom is 0.419 e. The van der Waals surface area contributed by atoms with E-state index >= 15 is 0 Å². The first-order valence-electron chi connectivity index (χ1n) is 13.4. The summed E-state index contributed by atoms with van der Waals surface area (Å²) < 4.78 is 16.4. The van der Waals surface area contributed by atoms with E-state index in [2.05, 4.69) is 10.3 Å². The third-order valence-electron chi connectivity index (χ3n) is 6.51. The van der Waals surface area contributed by atoms with Gasteiger partial charge in [-0.3, -0.25) is 13.9 Å². The summed E-state index contributed by atoms with van der Waals surface area (Å²) in [5.41, 5.74) is -0.0166. The predicted octanol–water partition coefficient (Wildman–Crippen LogP) is 3.60. The molecule has 1 amide bonds. The molecule has 0 radical (unpaired) electrons. The number of carbonyl (C=O) groups is 2. The number of alkyl carbamates (subject to hydrolysis) is 1. The summed E-state index contributed by atoms with van der Waals surface area (Å²) in [5.74, 6) is 0.513. The molecule has 0 unspecified atom stereocenters. The zero-order valence-electron chi connectivity index (χ0n) is 25.1. The van der Waals surface area contributed by atoms with Crippen molar-refractivity contribution in [3.8, 4) is 0 Å². The highest BCUT2D eigenvalue weighted by Crippen LogP contribution is 2.25. The summed E-state index contributed by atoms with van der Waals surface area (Å²) >= 11 is 0. The lowest BCUT2D eigenvalue weighted by atomic mass is 10.1. The molecule has 0 aliphatic rings. The average Bonchev–Trinajstić information content (AvgIpc) is 3.37. The number of fused-ring (bicyclic) bond motifs is 2. The van der Waals surface area contributed by atoms with Crippen LogP contribution >= 0.6 is 0 Å². The van der Waals surface area contributed by atoms with Gasteiger partial charge in [0.25, 0.3) is 5.56 Å². The lowest BCUT2D eigenvalue weighted by Crippen LogP contribution is -2.40. The number of aromatic nitrogens is 5. The molecule has 0 aliphatic carbocycles. The summed E-state index contributed by atoms with van der Waals surface area (Å²) in [6.07, 6.45) is -0.842. The van der Waals surface area contributed by atoms with E-state index in [0.29, 0.717) is 23.5 Å². The number of benzene rings is 1. The number of carbonyl (C=O) groups excluding carboxylic acids is 2. The van der Waals surface area contributed by atoms with Gasteiger partial charge in [-0.25, -0.2) is 23.9 Å². The Kier molecular flexibility index (Phi) is 7.63. The van der Waals surface area contributed by atoms with Crippen LogP contribution in [0.3, 0.4) is 0 Å². The van der Waals surface area contributed by atoms with Gasteiger partial charge in [0.2, 0.25) is 0 Å². The largest absolute Gasteiger partial charge is 0.444 e. The van der Waals surface area contributed by atoms with Crippen LogP contribution in [0.1, 0.15) is 58.6 Å². The number of amides is 1. The molecule has 3 heterocycles. The molecular formula is C29H38N6O6. The highest BCUT2D eigenvalue weighted by molar-refractivity contribution is 5.92. The van der Waals surface area contributed by atoms with Crippen molar-refractivity contribution >= 4 is 34.3 Å². The Morgan fingerprint density at radius 1 is 0.976 bits per heavy atom. The fraction of sp³-hybridized carbons (Fsp3) is 0.483. The van der Waals surface area contributed by atoms with Crippen LogP contribution in [0.4, 0.5) is 9.59 Å². The Hall–Kier alpha value is -4.35. The molecule has 4 aromatic rings. The van der Waals surface area contributed by atoms with Crippen LogP contribution in [-0.2, 0) is 36.5 Å². The molecule has 1 aromatic carbocycles. The molecule has 0 saturated carbocycles. The Labute approximate surface area is 237 Å². The molecule has 12 nitrogen and oxygen atoms in total. The van der Waals surface area contributed by atoms with E-state index in [0.717, 1.165) is 15.5 Å². The summed E-state index contributed by atoms with van der Waals surface area (Å²) in [7, 11) is 3.24. The summed E-state index contributed by atoms with van der Waals surface area (Å²) in [4.78, 5) is 57.0. The normalized spacial score (nSPS) is 12.2. The van der Waals surface area contributed by atoms with E-state index in [4.69, 9.17) is 9.47 Å². The van der Waals surface area contributed by atoms with Gasteiger partial charge in [0.1, 0.15) is 17.0 Å². The molecule has 1 N–H and O–H groups in total. The van der Waals surface area contributed by atoms with E-state index < -0.39 is 34.6 Å². The van der Waals surface area contributed by atoms with Crippen molar-refractivity contribution in [1.29, 1.82) is 0 Å². The minimum atomic E-state index is -0.746. The average molecular weight is 567 g/mol. The van der Waals surface area contributed by atoms with Crippen molar-refractivity contribution in [1.82, 2.24) is 28.6 Å². The van der Waals surface area contributed by atoms with Gasteiger partial charge in [-0.2, -0.15) is 0 Å². The van der Waals surface area contributed by atoms with Gasteiger partial charge >= 0.3 is 17.9 Å². The fourth-order valence-corrected chi connectivity index (χ4v) is 4.68. The SMILES string of the molecule is Cc1cccc2c1cc(Cn1c(=O)c3c(nc(CCNC(=O)OC(C)(C)C)n3C)n(C)c1=O)n2C(=O)OC(C)(C)C. The van der Waals surface area contributed by atoms with Gasteiger partial charge in [0.15, 0.2) is 11.2 Å². The van der Waals surface area contributed by atoms with Crippen molar-refractivity contribution in [3.63, 3.8) is 0 Å². The Balaban J connectivity index is 1.75. The zero-order valence-corrected chi connectivity index (χ0v) is 25.1. The van der Waals surface area contributed by atoms with E-state index in [1.165, 1.54) is 9.13 Å². The van der Waals surface area contributed by atoms with Crippen LogP contribution in [0.25, 0.3) is 22.1 Å². The molecule has 4 rings (SSSR count). The maximum absolute atomic E-state index is 13.7. The number of hydrogen-bond acceptors (Lipinski definition) is 7. The lowest BCUT2D eigenvalue weighted by molar-refractivity contribution is 0.0521. The lowest BCUT2D eigenvalue weighted by Gasteiger charge is -2.21. The first-order valence-corrected chi connectivity index (χ1v) is 13.4. The van der Waals surface area contributed by atoms with Crippen LogP contribution in [0.2, 0.25) is 0 Å². The molecule has 0 atom stereocenters. The molecule has 0 bridgehead atoms. The minimum Gasteiger partial charge on any atom is -0.444 e. The zero-order chi connectivity index (χ0) is 30.4. The summed E-state index contributed by atoms with van der Waals surface area (Å²) in [6.45, 7) is 12.7. The molecule has 12 heteroatoms. The van der Waals surface area contributed by atoms with Crippen molar-refractivity contribution in [3.05, 3.63) is 62.2 Å².